The largest absolute Gasteiger partial charge is 0.401 e. The highest BCUT2D eigenvalue weighted by Gasteiger charge is 2.32. The summed E-state index contributed by atoms with van der Waals surface area (Å²) >= 11 is 0. The maximum Gasteiger partial charge on any atom is 0.401 e. The molecule has 0 aliphatic carbocycles. The molecule has 41 heavy (non-hydrogen) atoms. The maximum absolute atomic E-state index is 12.9. The van der Waals surface area contributed by atoms with Crippen LogP contribution in [0.5, 0.6) is 0 Å². The van der Waals surface area contributed by atoms with E-state index in [9.17, 15) is 18.0 Å². The van der Waals surface area contributed by atoms with Gasteiger partial charge in [0.15, 0.2) is 5.82 Å². The summed E-state index contributed by atoms with van der Waals surface area (Å²) in [7, 11) is 0. The van der Waals surface area contributed by atoms with Gasteiger partial charge >= 0.3 is 6.18 Å². The molecule has 4 aromatic heterocycles. The third-order valence-corrected chi connectivity index (χ3v) is 6.71. The molecule has 1 amide bonds. The van der Waals surface area contributed by atoms with E-state index in [2.05, 4.69) is 30.8 Å². The number of nitrogens with one attached hydrogen (secondary N) is 1. The first kappa shape index (κ1) is 28.2. The number of pyridine rings is 2. The number of piperazine rings is 1. The monoisotopic (exact) mass is 569 g/mol. The minimum absolute atomic E-state index is 0.250. The molecule has 1 aliphatic rings. The number of carbonyl (C=O) groups is 1. The highest BCUT2D eigenvalue weighted by atomic mass is 19.4. The van der Waals surface area contributed by atoms with E-state index < -0.39 is 18.6 Å². The molecular formula is C27H30F3N9O2. The molecule has 4 aromatic rings. The highest BCUT2D eigenvalue weighted by molar-refractivity contribution is 6.03. The summed E-state index contributed by atoms with van der Waals surface area (Å²) < 4.78 is 45.1. The van der Waals surface area contributed by atoms with Gasteiger partial charge in [-0.05, 0) is 19.1 Å². The number of amides is 1. The van der Waals surface area contributed by atoms with Gasteiger partial charge in [0.2, 0.25) is 0 Å². The molecule has 1 aliphatic heterocycles. The molecule has 0 radical (unpaired) electrons. The minimum atomic E-state index is -4.21. The van der Waals surface area contributed by atoms with Gasteiger partial charge in [-0.1, -0.05) is 31.1 Å². The minimum Gasteiger partial charge on any atom is -0.368 e. The van der Waals surface area contributed by atoms with Crippen molar-refractivity contribution in [3.63, 3.8) is 0 Å². The molecule has 0 unspecified atom stereocenters. The van der Waals surface area contributed by atoms with E-state index in [-0.39, 0.29) is 5.41 Å². The Balaban J connectivity index is 1.30. The molecule has 5 rings (SSSR count). The van der Waals surface area contributed by atoms with E-state index in [0.717, 1.165) is 5.69 Å². The van der Waals surface area contributed by atoms with Crippen LogP contribution in [0.1, 0.15) is 42.6 Å². The summed E-state index contributed by atoms with van der Waals surface area (Å²) in [6.45, 7) is 8.38. The van der Waals surface area contributed by atoms with E-state index in [0.29, 0.717) is 66.0 Å². The van der Waals surface area contributed by atoms with Crippen LogP contribution in [0.25, 0.3) is 16.9 Å². The van der Waals surface area contributed by atoms with E-state index in [1.807, 2.05) is 31.7 Å². The van der Waals surface area contributed by atoms with Crippen LogP contribution in [0.4, 0.5) is 24.7 Å². The highest BCUT2D eigenvalue weighted by Crippen LogP contribution is 2.26. The Morgan fingerprint density at radius 1 is 1.05 bits per heavy atom. The summed E-state index contributed by atoms with van der Waals surface area (Å²) in [5.41, 5.74) is 3.29. The van der Waals surface area contributed by atoms with Crippen molar-refractivity contribution in [3.8, 4) is 16.9 Å². The second-order valence-electron chi connectivity index (χ2n) is 11.0. The summed E-state index contributed by atoms with van der Waals surface area (Å²) in [6.07, 6.45) is 2.30. The number of aromatic nitrogens is 6. The van der Waals surface area contributed by atoms with Crippen LogP contribution < -0.4 is 10.2 Å². The van der Waals surface area contributed by atoms with Crippen molar-refractivity contribution in [1.82, 2.24) is 35.0 Å². The summed E-state index contributed by atoms with van der Waals surface area (Å²) in [5.74, 6) is 0.548. The van der Waals surface area contributed by atoms with Gasteiger partial charge in [0.25, 0.3) is 5.91 Å². The van der Waals surface area contributed by atoms with Crippen molar-refractivity contribution in [3.05, 3.63) is 60.0 Å². The van der Waals surface area contributed by atoms with Gasteiger partial charge in [0, 0.05) is 55.6 Å². The zero-order valence-electron chi connectivity index (χ0n) is 23.1. The molecule has 0 spiro atoms. The van der Waals surface area contributed by atoms with E-state index in [1.165, 1.54) is 15.8 Å². The molecule has 14 heteroatoms. The van der Waals surface area contributed by atoms with E-state index in [1.54, 1.807) is 37.6 Å². The lowest BCUT2D eigenvalue weighted by Crippen LogP contribution is -2.49. The maximum atomic E-state index is 12.9. The van der Waals surface area contributed by atoms with Gasteiger partial charge in [0.1, 0.15) is 11.5 Å². The van der Waals surface area contributed by atoms with Crippen LogP contribution >= 0.6 is 0 Å². The quantitative estimate of drug-likeness (QED) is 0.364. The first-order valence-electron chi connectivity index (χ1n) is 13.0. The molecule has 11 nitrogen and oxygen atoms in total. The van der Waals surface area contributed by atoms with Crippen LogP contribution in [0, 0.1) is 6.92 Å². The lowest BCUT2D eigenvalue weighted by atomic mass is 9.93. The van der Waals surface area contributed by atoms with Crippen molar-refractivity contribution >= 4 is 17.4 Å². The second kappa shape index (κ2) is 10.9. The second-order valence-corrected chi connectivity index (χ2v) is 11.0. The summed E-state index contributed by atoms with van der Waals surface area (Å²) in [5, 5.41) is 15.2. The summed E-state index contributed by atoms with van der Waals surface area (Å²) in [6, 6.07) is 5.24. The fraction of sp³-hybridized carbons (Fsp3) is 0.407. The zero-order chi connectivity index (χ0) is 29.4. The number of anilines is 2. The Hall–Kier alpha value is -4.33. The lowest BCUT2D eigenvalue weighted by Gasteiger charge is -2.36. The fourth-order valence-corrected chi connectivity index (χ4v) is 4.43. The van der Waals surface area contributed by atoms with Crippen molar-refractivity contribution in [2.75, 3.05) is 42.9 Å². The molecule has 5 heterocycles. The van der Waals surface area contributed by atoms with Gasteiger partial charge in [-0.2, -0.15) is 13.2 Å². The Bertz CT molecular complexity index is 1530. The SMILES string of the molecule is Cc1ncc(C(=O)Nc2cc(C(C)(C)C)on2)cc1-n1cc(-c2cncc(N3CCN(CC(F)(F)F)CC3)c2)nn1. The molecule has 0 aromatic carbocycles. The number of rotatable bonds is 6. The van der Waals surface area contributed by atoms with E-state index in [4.69, 9.17) is 4.52 Å². The van der Waals surface area contributed by atoms with Crippen molar-refractivity contribution in [2.24, 2.45) is 0 Å². The van der Waals surface area contributed by atoms with E-state index >= 15 is 0 Å². The number of nitrogens with zero attached hydrogens (tertiary/aromatic N) is 8. The third-order valence-electron chi connectivity index (χ3n) is 6.71. The molecule has 0 bridgehead atoms. The van der Waals surface area contributed by atoms with Crippen molar-refractivity contribution in [1.29, 1.82) is 0 Å². The standard InChI is InChI=1S/C27H30F3N9O2/c1-17-22(10-19(13-32-17)25(40)33-24-11-23(41-35-24)26(2,3)4)39-15-21(34-36-39)18-9-20(14-31-12-18)38-7-5-37(6-8-38)16-27(28,29)30/h9-15H,5-8,16H2,1-4H3,(H,33,35,40). The predicted molar refractivity (Wildman–Crippen MR) is 145 cm³/mol. The van der Waals surface area contributed by atoms with Gasteiger partial charge in [-0.3, -0.25) is 19.7 Å². The Morgan fingerprint density at radius 3 is 2.49 bits per heavy atom. The van der Waals surface area contributed by atoms with Crippen LogP contribution in [-0.4, -0.2) is 79.8 Å². The number of aryl methyl sites for hydroxylation is 1. The molecular weight excluding hydrogens is 539 g/mol. The molecule has 1 fully saturated rings. The molecule has 216 valence electrons. The number of hydrogen-bond donors (Lipinski definition) is 1. The normalized spacial score (nSPS) is 14.9. The van der Waals surface area contributed by atoms with Gasteiger partial charge in [-0.15, -0.1) is 5.10 Å². The molecule has 1 N–H and O–H groups in total. The number of hydrogen-bond acceptors (Lipinski definition) is 9. The van der Waals surface area contributed by atoms with Crippen LogP contribution in [0.3, 0.4) is 0 Å². The molecule has 1 saturated heterocycles. The average Bonchev–Trinajstić information content (AvgIpc) is 3.59. The number of carbonyl (C=O) groups excluding carboxylic acids is 1. The lowest BCUT2D eigenvalue weighted by molar-refractivity contribution is -0.146. The van der Waals surface area contributed by atoms with Crippen LogP contribution in [0.2, 0.25) is 0 Å². The van der Waals surface area contributed by atoms with Gasteiger partial charge in [-0.25, -0.2) is 4.68 Å². The molecule has 0 saturated carbocycles. The first-order valence-corrected chi connectivity index (χ1v) is 13.0. The summed E-state index contributed by atoms with van der Waals surface area (Å²) in [4.78, 5) is 25.0. The van der Waals surface area contributed by atoms with Gasteiger partial charge in [0.05, 0.1) is 41.6 Å². The third kappa shape index (κ3) is 6.70. The first-order chi connectivity index (χ1) is 19.4. The smallest absolute Gasteiger partial charge is 0.368 e. The zero-order valence-corrected chi connectivity index (χ0v) is 23.1. The molecule has 0 atom stereocenters. The Labute approximate surface area is 234 Å². The van der Waals surface area contributed by atoms with Gasteiger partial charge < -0.3 is 14.7 Å². The van der Waals surface area contributed by atoms with Crippen LogP contribution in [0.15, 0.2) is 47.5 Å². The number of alkyl halides is 3. The Kier molecular flexibility index (Phi) is 7.51. The Morgan fingerprint density at radius 2 is 1.80 bits per heavy atom. The van der Waals surface area contributed by atoms with Crippen molar-refractivity contribution in [2.45, 2.75) is 39.3 Å². The number of halogens is 3. The topological polar surface area (TPSA) is 118 Å². The fourth-order valence-electron chi connectivity index (χ4n) is 4.43. The predicted octanol–water partition coefficient (Wildman–Crippen LogP) is 4.25. The van der Waals surface area contributed by atoms with Crippen LogP contribution in [-0.2, 0) is 5.41 Å². The average molecular weight is 570 g/mol. The van der Waals surface area contributed by atoms with Crippen molar-refractivity contribution < 1.29 is 22.5 Å².